The predicted octanol–water partition coefficient (Wildman–Crippen LogP) is 1.79. The standard InChI is InChI=1S/C16H26N4O/c1-14(12-15-13-17-7-8-18-15)19-16(21)6-5-11-20-9-3-2-4-10-20/h7-8,13-14H,2-6,9-12H2,1H3,(H,19,21). The van der Waals surface area contributed by atoms with Crippen LogP contribution in [-0.2, 0) is 11.2 Å². The summed E-state index contributed by atoms with van der Waals surface area (Å²) >= 11 is 0. The number of amides is 1. The maximum atomic E-state index is 11.9. The van der Waals surface area contributed by atoms with Gasteiger partial charge in [0.15, 0.2) is 0 Å². The van der Waals surface area contributed by atoms with Gasteiger partial charge in [0.05, 0.1) is 5.69 Å². The van der Waals surface area contributed by atoms with E-state index in [0.717, 1.165) is 25.1 Å². The van der Waals surface area contributed by atoms with Crippen LogP contribution in [0.5, 0.6) is 0 Å². The highest BCUT2D eigenvalue weighted by atomic mass is 16.1. The van der Waals surface area contributed by atoms with Gasteiger partial charge >= 0.3 is 0 Å². The van der Waals surface area contributed by atoms with Crippen molar-refractivity contribution in [3.05, 3.63) is 24.3 Å². The number of aromatic nitrogens is 2. The average Bonchev–Trinajstić information content (AvgIpc) is 2.49. The van der Waals surface area contributed by atoms with Crippen LogP contribution in [0.25, 0.3) is 0 Å². The van der Waals surface area contributed by atoms with Crippen LogP contribution in [0, 0.1) is 0 Å². The lowest BCUT2D eigenvalue weighted by Gasteiger charge is -2.26. The van der Waals surface area contributed by atoms with Gasteiger partial charge in [-0.1, -0.05) is 6.42 Å². The van der Waals surface area contributed by atoms with E-state index in [-0.39, 0.29) is 11.9 Å². The van der Waals surface area contributed by atoms with Crippen LogP contribution in [0.2, 0.25) is 0 Å². The number of carbonyl (C=O) groups excluding carboxylic acids is 1. The summed E-state index contributed by atoms with van der Waals surface area (Å²) < 4.78 is 0. The van der Waals surface area contributed by atoms with Crippen molar-refractivity contribution in [1.82, 2.24) is 20.2 Å². The Morgan fingerprint density at radius 3 is 2.86 bits per heavy atom. The highest BCUT2D eigenvalue weighted by molar-refractivity contribution is 5.76. The maximum Gasteiger partial charge on any atom is 0.220 e. The number of hydrogen-bond donors (Lipinski definition) is 1. The normalized spacial score (nSPS) is 17.4. The molecule has 1 aliphatic heterocycles. The molecule has 5 nitrogen and oxygen atoms in total. The van der Waals surface area contributed by atoms with E-state index in [1.165, 1.54) is 32.4 Å². The first kappa shape index (κ1) is 15.9. The Kier molecular flexibility index (Phi) is 6.60. The SMILES string of the molecule is CC(Cc1cnccn1)NC(=O)CCCN1CCCCC1. The van der Waals surface area contributed by atoms with E-state index in [0.29, 0.717) is 6.42 Å². The molecule has 116 valence electrons. The molecule has 2 rings (SSSR count). The Morgan fingerprint density at radius 2 is 2.14 bits per heavy atom. The number of rotatable bonds is 7. The van der Waals surface area contributed by atoms with Gasteiger partial charge in [0, 0.05) is 37.5 Å². The van der Waals surface area contributed by atoms with E-state index >= 15 is 0 Å². The third-order valence-corrected chi connectivity index (χ3v) is 3.87. The van der Waals surface area contributed by atoms with Crippen LogP contribution in [0.4, 0.5) is 0 Å². The number of likely N-dealkylation sites (tertiary alicyclic amines) is 1. The van der Waals surface area contributed by atoms with Crippen LogP contribution >= 0.6 is 0 Å². The van der Waals surface area contributed by atoms with Gasteiger partial charge in [-0.25, -0.2) is 0 Å². The lowest BCUT2D eigenvalue weighted by atomic mass is 10.1. The van der Waals surface area contributed by atoms with E-state index in [1.807, 2.05) is 6.92 Å². The number of hydrogen-bond acceptors (Lipinski definition) is 4. The Labute approximate surface area is 127 Å². The van der Waals surface area contributed by atoms with Crippen LogP contribution < -0.4 is 5.32 Å². The van der Waals surface area contributed by atoms with Gasteiger partial charge in [0.2, 0.25) is 5.91 Å². The van der Waals surface area contributed by atoms with Crippen molar-refractivity contribution in [2.45, 2.75) is 51.5 Å². The molecule has 1 aromatic rings. The Hall–Kier alpha value is -1.49. The summed E-state index contributed by atoms with van der Waals surface area (Å²) in [5.41, 5.74) is 0.915. The Morgan fingerprint density at radius 1 is 1.33 bits per heavy atom. The first-order valence-corrected chi connectivity index (χ1v) is 8.00. The zero-order chi connectivity index (χ0) is 14.9. The second-order valence-electron chi connectivity index (χ2n) is 5.88. The lowest BCUT2D eigenvalue weighted by Crippen LogP contribution is -2.35. The van der Waals surface area contributed by atoms with E-state index in [9.17, 15) is 4.79 Å². The fourth-order valence-electron chi connectivity index (χ4n) is 2.79. The average molecular weight is 290 g/mol. The number of nitrogens with one attached hydrogen (secondary N) is 1. The number of piperidine rings is 1. The molecule has 0 aliphatic carbocycles. The van der Waals surface area contributed by atoms with Crippen LogP contribution in [0.1, 0.15) is 44.7 Å². The second kappa shape index (κ2) is 8.72. The topological polar surface area (TPSA) is 58.1 Å². The summed E-state index contributed by atoms with van der Waals surface area (Å²) in [7, 11) is 0. The molecular weight excluding hydrogens is 264 g/mol. The minimum absolute atomic E-state index is 0.101. The van der Waals surface area contributed by atoms with Gasteiger partial charge in [-0.2, -0.15) is 0 Å². The van der Waals surface area contributed by atoms with Crippen molar-refractivity contribution >= 4 is 5.91 Å². The molecule has 1 atom stereocenters. The minimum atomic E-state index is 0.101. The zero-order valence-corrected chi connectivity index (χ0v) is 12.9. The smallest absolute Gasteiger partial charge is 0.220 e. The Bertz CT molecular complexity index is 418. The summed E-state index contributed by atoms with van der Waals surface area (Å²) in [4.78, 5) is 22.7. The molecule has 1 N–H and O–H groups in total. The highest BCUT2D eigenvalue weighted by Crippen LogP contribution is 2.09. The molecule has 0 bridgehead atoms. The largest absolute Gasteiger partial charge is 0.353 e. The third kappa shape index (κ3) is 6.21. The summed E-state index contributed by atoms with van der Waals surface area (Å²) in [5.74, 6) is 0.142. The monoisotopic (exact) mass is 290 g/mol. The van der Waals surface area contributed by atoms with E-state index in [2.05, 4.69) is 20.2 Å². The number of nitrogens with zero attached hydrogens (tertiary/aromatic N) is 3. The molecule has 0 radical (unpaired) electrons. The molecule has 0 saturated carbocycles. The van der Waals surface area contributed by atoms with E-state index in [1.54, 1.807) is 18.6 Å². The molecule has 1 unspecified atom stereocenters. The van der Waals surface area contributed by atoms with Gasteiger partial charge in [-0.3, -0.25) is 14.8 Å². The molecule has 1 amide bonds. The van der Waals surface area contributed by atoms with Crippen LogP contribution in [0.3, 0.4) is 0 Å². The van der Waals surface area contributed by atoms with Crippen molar-refractivity contribution in [3.63, 3.8) is 0 Å². The summed E-state index contributed by atoms with van der Waals surface area (Å²) in [6, 6.07) is 0.101. The molecular formula is C16H26N4O. The van der Waals surface area contributed by atoms with E-state index < -0.39 is 0 Å². The fourth-order valence-corrected chi connectivity index (χ4v) is 2.79. The maximum absolute atomic E-state index is 11.9. The molecule has 0 spiro atoms. The minimum Gasteiger partial charge on any atom is -0.353 e. The first-order chi connectivity index (χ1) is 10.2. The Balaban J connectivity index is 1.60. The molecule has 1 fully saturated rings. The van der Waals surface area contributed by atoms with Crippen LogP contribution in [0.15, 0.2) is 18.6 Å². The summed E-state index contributed by atoms with van der Waals surface area (Å²) in [6.45, 7) is 5.46. The van der Waals surface area contributed by atoms with Gasteiger partial charge in [0.1, 0.15) is 0 Å². The van der Waals surface area contributed by atoms with Gasteiger partial charge in [-0.05, 0) is 45.8 Å². The van der Waals surface area contributed by atoms with Gasteiger partial charge in [0.25, 0.3) is 0 Å². The van der Waals surface area contributed by atoms with Gasteiger partial charge < -0.3 is 10.2 Å². The summed E-state index contributed by atoms with van der Waals surface area (Å²) in [6.07, 6.45) is 11.4. The van der Waals surface area contributed by atoms with Crippen molar-refractivity contribution in [3.8, 4) is 0 Å². The summed E-state index contributed by atoms with van der Waals surface area (Å²) in [5, 5.41) is 3.04. The predicted molar refractivity (Wildman–Crippen MR) is 82.9 cm³/mol. The van der Waals surface area contributed by atoms with E-state index in [4.69, 9.17) is 0 Å². The molecule has 21 heavy (non-hydrogen) atoms. The first-order valence-electron chi connectivity index (χ1n) is 8.00. The van der Waals surface area contributed by atoms with Crippen molar-refractivity contribution in [1.29, 1.82) is 0 Å². The second-order valence-corrected chi connectivity index (χ2v) is 5.88. The lowest BCUT2D eigenvalue weighted by molar-refractivity contribution is -0.121. The molecule has 1 aromatic heterocycles. The zero-order valence-electron chi connectivity index (χ0n) is 12.9. The highest BCUT2D eigenvalue weighted by Gasteiger charge is 2.12. The van der Waals surface area contributed by atoms with Gasteiger partial charge in [-0.15, -0.1) is 0 Å². The molecule has 2 heterocycles. The molecule has 5 heteroatoms. The quantitative estimate of drug-likeness (QED) is 0.832. The van der Waals surface area contributed by atoms with Crippen molar-refractivity contribution < 1.29 is 4.79 Å². The van der Waals surface area contributed by atoms with Crippen molar-refractivity contribution in [2.75, 3.05) is 19.6 Å². The van der Waals surface area contributed by atoms with Crippen molar-refractivity contribution in [2.24, 2.45) is 0 Å². The molecule has 1 saturated heterocycles. The molecule has 0 aromatic carbocycles. The fraction of sp³-hybridized carbons (Fsp3) is 0.688. The number of carbonyl (C=O) groups is 1. The van der Waals surface area contributed by atoms with Crippen LogP contribution in [-0.4, -0.2) is 46.5 Å². The molecule has 1 aliphatic rings. The third-order valence-electron chi connectivity index (χ3n) is 3.87.